The molecule has 1 fully saturated rings. The Morgan fingerprint density at radius 2 is 1.75 bits per heavy atom. The molecule has 2 aromatic carbocycles. The summed E-state index contributed by atoms with van der Waals surface area (Å²) in [6.45, 7) is 0.551. The maximum Gasteiger partial charge on any atom is 0.416 e. The second kappa shape index (κ2) is 6.76. The minimum Gasteiger partial charge on any atom is -0.308 e. The Kier molecular flexibility index (Phi) is 4.71. The van der Waals surface area contributed by atoms with Crippen LogP contribution >= 0.6 is 11.8 Å². The quantitative estimate of drug-likeness (QED) is 0.826. The molecule has 0 aromatic heterocycles. The zero-order valence-electron chi connectivity index (χ0n) is 12.6. The van der Waals surface area contributed by atoms with Gasteiger partial charge in [-0.05, 0) is 29.8 Å². The first-order valence-corrected chi connectivity index (χ1v) is 8.41. The number of carbonyl (C=O) groups excluding carboxylic acids is 1. The van der Waals surface area contributed by atoms with E-state index in [0.717, 1.165) is 17.9 Å². The number of nitrogens with one attached hydrogen (secondary N) is 1. The number of hydrogen-bond acceptors (Lipinski definition) is 2. The van der Waals surface area contributed by atoms with E-state index in [-0.39, 0.29) is 11.4 Å². The van der Waals surface area contributed by atoms with Crippen molar-refractivity contribution in [3.05, 3.63) is 65.7 Å². The smallest absolute Gasteiger partial charge is 0.308 e. The molecule has 0 spiro atoms. The molecule has 3 rings (SSSR count). The molecule has 1 saturated heterocycles. The van der Waals surface area contributed by atoms with Gasteiger partial charge < -0.3 is 10.2 Å². The summed E-state index contributed by atoms with van der Waals surface area (Å²) in [5.41, 5.74) is 0.689. The van der Waals surface area contributed by atoms with Crippen molar-refractivity contribution in [3.8, 4) is 0 Å². The third-order valence-corrected chi connectivity index (χ3v) is 4.96. The van der Waals surface area contributed by atoms with E-state index in [2.05, 4.69) is 5.32 Å². The molecule has 0 bridgehead atoms. The summed E-state index contributed by atoms with van der Waals surface area (Å²) in [6, 6.07) is 13.8. The lowest BCUT2D eigenvalue weighted by molar-refractivity contribution is -0.137. The fourth-order valence-corrected chi connectivity index (χ4v) is 3.76. The Labute approximate surface area is 141 Å². The zero-order valence-corrected chi connectivity index (χ0v) is 13.4. The molecule has 24 heavy (non-hydrogen) atoms. The Hall–Kier alpha value is -2.15. The lowest BCUT2D eigenvalue weighted by Gasteiger charge is -2.24. The molecule has 2 aromatic rings. The molecular weight excluding hydrogens is 337 g/mol. The number of anilines is 1. The molecule has 2 amide bonds. The topological polar surface area (TPSA) is 32.3 Å². The Morgan fingerprint density at radius 1 is 1.08 bits per heavy atom. The summed E-state index contributed by atoms with van der Waals surface area (Å²) in [7, 11) is 0. The van der Waals surface area contributed by atoms with E-state index in [1.165, 1.54) is 23.9 Å². The molecule has 0 saturated carbocycles. The highest BCUT2D eigenvalue weighted by atomic mass is 32.2. The highest BCUT2D eigenvalue weighted by molar-refractivity contribution is 7.99. The fourth-order valence-electron chi connectivity index (χ4n) is 2.51. The normalized spacial score (nSPS) is 17.8. The standard InChI is InChI=1S/C17H15F3N2OS/c18-17(19,20)13-8-6-12(7-9-13)15-22(10-11-24-15)16(23)21-14-4-2-1-3-5-14/h1-9,15H,10-11H2,(H,21,23). The molecule has 1 heterocycles. The number of alkyl halides is 3. The van der Waals surface area contributed by atoms with Crippen molar-refractivity contribution in [1.82, 2.24) is 4.90 Å². The van der Waals surface area contributed by atoms with Gasteiger partial charge in [0.05, 0.1) is 5.56 Å². The van der Waals surface area contributed by atoms with Crippen molar-refractivity contribution in [3.63, 3.8) is 0 Å². The molecule has 7 heteroatoms. The van der Waals surface area contributed by atoms with E-state index in [4.69, 9.17) is 0 Å². The van der Waals surface area contributed by atoms with Gasteiger partial charge in [-0.3, -0.25) is 0 Å². The number of para-hydroxylation sites is 1. The Balaban J connectivity index is 1.74. The largest absolute Gasteiger partial charge is 0.416 e. The Morgan fingerprint density at radius 3 is 2.38 bits per heavy atom. The van der Waals surface area contributed by atoms with Gasteiger partial charge in [-0.25, -0.2) is 4.79 Å². The first-order valence-electron chi connectivity index (χ1n) is 7.36. The van der Waals surface area contributed by atoms with Gasteiger partial charge in [0.15, 0.2) is 0 Å². The summed E-state index contributed by atoms with van der Waals surface area (Å²) < 4.78 is 38.0. The number of rotatable bonds is 2. The number of thioether (sulfide) groups is 1. The molecule has 1 aliphatic heterocycles. The van der Waals surface area contributed by atoms with Crippen LogP contribution in [0.5, 0.6) is 0 Å². The minimum atomic E-state index is -4.36. The molecular formula is C17H15F3N2OS. The first kappa shape index (κ1) is 16.7. The minimum absolute atomic E-state index is 0.254. The van der Waals surface area contributed by atoms with E-state index < -0.39 is 11.7 Å². The Bertz CT molecular complexity index is 704. The van der Waals surface area contributed by atoms with E-state index in [0.29, 0.717) is 17.8 Å². The maximum atomic E-state index is 12.7. The summed E-state index contributed by atoms with van der Waals surface area (Å²) >= 11 is 1.54. The molecule has 1 N–H and O–H groups in total. The molecule has 126 valence electrons. The molecule has 1 atom stereocenters. The van der Waals surface area contributed by atoms with Crippen LogP contribution in [0.2, 0.25) is 0 Å². The van der Waals surface area contributed by atoms with Crippen LogP contribution < -0.4 is 5.32 Å². The van der Waals surface area contributed by atoms with Crippen molar-refractivity contribution in [2.45, 2.75) is 11.6 Å². The second-order valence-electron chi connectivity index (χ2n) is 5.33. The van der Waals surface area contributed by atoms with E-state index in [1.54, 1.807) is 17.0 Å². The van der Waals surface area contributed by atoms with Crippen LogP contribution in [0.25, 0.3) is 0 Å². The summed E-state index contributed by atoms with van der Waals surface area (Å²) in [4.78, 5) is 14.1. The number of nitrogens with zero attached hydrogens (tertiary/aromatic N) is 1. The van der Waals surface area contributed by atoms with E-state index in [1.807, 2.05) is 18.2 Å². The van der Waals surface area contributed by atoms with Gasteiger partial charge in [-0.1, -0.05) is 30.3 Å². The third kappa shape index (κ3) is 3.67. The predicted octanol–water partition coefficient (Wildman–Crippen LogP) is 4.98. The maximum absolute atomic E-state index is 12.7. The van der Waals surface area contributed by atoms with E-state index >= 15 is 0 Å². The number of urea groups is 1. The van der Waals surface area contributed by atoms with E-state index in [9.17, 15) is 18.0 Å². The van der Waals surface area contributed by atoms with Gasteiger partial charge in [0.1, 0.15) is 5.37 Å². The summed E-state index contributed by atoms with van der Waals surface area (Å²) in [6.07, 6.45) is -4.36. The summed E-state index contributed by atoms with van der Waals surface area (Å²) in [5, 5.41) is 2.53. The molecule has 1 unspecified atom stereocenters. The van der Waals surface area contributed by atoms with Gasteiger partial charge in [-0.15, -0.1) is 11.8 Å². The van der Waals surface area contributed by atoms with Crippen LogP contribution in [0.4, 0.5) is 23.7 Å². The molecule has 1 aliphatic rings. The lowest BCUT2D eigenvalue weighted by Crippen LogP contribution is -2.34. The van der Waals surface area contributed by atoms with Crippen LogP contribution in [0.3, 0.4) is 0 Å². The van der Waals surface area contributed by atoms with Crippen LogP contribution in [0.1, 0.15) is 16.5 Å². The molecule has 3 nitrogen and oxygen atoms in total. The average molecular weight is 352 g/mol. The van der Waals surface area contributed by atoms with Crippen molar-refractivity contribution >= 4 is 23.5 Å². The number of amides is 2. The van der Waals surface area contributed by atoms with Crippen LogP contribution in [-0.4, -0.2) is 23.2 Å². The highest BCUT2D eigenvalue weighted by Gasteiger charge is 2.33. The van der Waals surface area contributed by atoms with Gasteiger partial charge in [0.2, 0.25) is 0 Å². The molecule has 0 aliphatic carbocycles. The van der Waals surface area contributed by atoms with Gasteiger partial charge in [0.25, 0.3) is 0 Å². The number of benzene rings is 2. The lowest BCUT2D eigenvalue weighted by atomic mass is 10.1. The number of hydrogen-bond donors (Lipinski definition) is 1. The average Bonchev–Trinajstić information content (AvgIpc) is 3.05. The highest BCUT2D eigenvalue weighted by Crippen LogP contribution is 2.39. The van der Waals surface area contributed by atoms with Crippen molar-refractivity contribution in [2.75, 3.05) is 17.6 Å². The fraction of sp³-hybridized carbons (Fsp3) is 0.235. The van der Waals surface area contributed by atoms with Crippen molar-refractivity contribution < 1.29 is 18.0 Å². The van der Waals surface area contributed by atoms with Crippen LogP contribution in [0.15, 0.2) is 54.6 Å². The predicted molar refractivity (Wildman–Crippen MR) is 88.8 cm³/mol. The van der Waals surface area contributed by atoms with Gasteiger partial charge >= 0.3 is 12.2 Å². The second-order valence-corrected chi connectivity index (χ2v) is 6.52. The number of halogens is 3. The molecule has 0 radical (unpaired) electrons. The van der Waals surface area contributed by atoms with Crippen LogP contribution in [0, 0.1) is 0 Å². The monoisotopic (exact) mass is 352 g/mol. The first-order chi connectivity index (χ1) is 11.4. The number of carbonyl (C=O) groups is 1. The van der Waals surface area contributed by atoms with Crippen molar-refractivity contribution in [2.24, 2.45) is 0 Å². The SMILES string of the molecule is O=C(Nc1ccccc1)N1CCSC1c1ccc(C(F)(F)F)cc1. The third-order valence-electron chi connectivity index (χ3n) is 3.70. The zero-order chi connectivity index (χ0) is 17.2. The van der Waals surface area contributed by atoms with Crippen LogP contribution in [-0.2, 0) is 6.18 Å². The van der Waals surface area contributed by atoms with Crippen molar-refractivity contribution in [1.29, 1.82) is 0 Å². The summed E-state index contributed by atoms with van der Waals surface area (Å²) in [5.74, 6) is 0.744. The van der Waals surface area contributed by atoms with Gasteiger partial charge in [0, 0.05) is 18.0 Å². The van der Waals surface area contributed by atoms with Gasteiger partial charge in [-0.2, -0.15) is 13.2 Å².